The molecule has 1 aromatic heterocycles. The molecule has 0 bridgehead atoms. The van der Waals surface area contributed by atoms with E-state index in [0.717, 1.165) is 22.4 Å². The first-order chi connectivity index (χ1) is 13.8. The van der Waals surface area contributed by atoms with Crippen molar-refractivity contribution >= 4 is 46.0 Å². The fourth-order valence-electron chi connectivity index (χ4n) is 2.76. The van der Waals surface area contributed by atoms with Crippen molar-refractivity contribution in [1.29, 1.82) is 0 Å². The van der Waals surface area contributed by atoms with Crippen molar-refractivity contribution in [3.05, 3.63) is 48.5 Å². The molecule has 0 radical (unpaired) electrons. The molecular formula is C21H25N5O2S. The molecule has 0 saturated carbocycles. The Labute approximate surface area is 174 Å². The first kappa shape index (κ1) is 20.7. The maximum absolute atomic E-state index is 12.4. The lowest BCUT2D eigenvalue weighted by Gasteiger charge is -2.14. The molecule has 2 aromatic carbocycles. The van der Waals surface area contributed by atoms with Crippen LogP contribution in [0.1, 0.15) is 0 Å². The number of carbonyl (C=O) groups is 2. The van der Waals surface area contributed by atoms with Crippen LogP contribution in [0.4, 0.5) is 11.4 Å². The molecule has 0 aliphatic carbocycles. The van der Waals surface area contributed by atoms with E-state index >= 15 is 0 Å². The number of rotatable bonds is 7. The minimum Gasteiger partial charge on any atom is -0.378 e. The normalized spacial score (nSPS) is 10.8. The summed E-state index contributed by atoms with van der Waals surface area (Å²) in [6, 6.07) is 15.3. The quantitative estimate of drug-likeness (QED) is 0.606. The second kappa shape index (κ2) is 9.00. The maximum Gasteiger partial charge on any atom is 0.242 e. The van der Waals surface area contributed by atoms with Gasteiger partial charge in [-0.1, -0.05) is 23.9 Å². The van der Waals surface area contributed by atoms with Crippen molar-refractivity contribution in [3.8, 4) is 0 Å². The van der Waals surface area contributed by atoms with Crippen molar-refractivity contribution in [2.24, 2.45) is 0 Å². The lowest BCUT2D eigenvalue weighted by Crippen LogP contribution is -2.26. The van der Waals surface area contributed by atoms with Crippen LogP contribution in [-0.4, -0.2) is 60.2 Å². The van der Waals surface area contributed by atoms with Crippen LogP contribution in [0.25, 0.3) is 11.0 Å². The average molecular weight is 412 g/mol. The predicted molar refractivity (Wildman–Crippen MR) is 119 cm³/mol. The number of imidazole rings is 1. The van der Waals surface area contributed by atoms with Gasteiger partial charge in [0.25, 0.3) is 0 Å². The summed E-state index contributed by atoms with van der Waals surface area (Å²) < 4.78 is 1.86. The smallest absolute Gasteiger partial charge is 0.242 e. The molecule has 1 heterocycles. The van der Waals surface area contributed by atoms with Crippen molar-refractivity contribution in [2.45, 2.75) is 11.7 Å². The Morgan fingerprint density at radius 1 is 1.03 bits per heavy atom. The van der Waals surface area contributed by atoms with Gasteiger partial charge in [0.2, 0.25) is 11.8 Å². The first-order valence-corrected chi connectivity index (χ1v) is 10.2. The molecule has 8 heteroatoms. The van der Waals surface area contributed by atoms with Gasteiger partial charge in [0.1, 0.15) is 6.54 Å². The van der Waals surface area contributed by atoms with E-state index in [1.54, 1.807) is 19.0 Å². The molecule has 29 heavy (non-hydrogen) atoms. The van der Waals surface area contributed by atoms with Crippen molar-refractivity contribution < 1.29 is 9.59 Å². The standard InChI is InChI=1S/C21H25N5O2S/c1-24(2)16-11-9-15(10-12-16)22-19(27)14-29-21-23-17-7-5-6-8-18(17)26(21)13-20(28)25(3)4/h5-12H,13-14H2,1-4H3,(H,22,27). The Kier molecular flexibility index (Phi) is 6.43. The Morgan fingerprint density at radius 2 is 1.72 bits per heavy atom. The van der Waals surface area contributed by atoms with Gasteiger partial charge in [0, 0.05) is 39.6 Å². The van der Waals surface area contributed by atoms with E-state index in [4.69, 9.17) is 0 Å². The molecule has 0 fully saturated rings. The molecule has 152 valence electrons. The average Bonchev–Trinajstić information content (AvgIpc) is 3.04. The van der Waals surface area contributed by atoms with E-state index in [0.29, 0.717) is 5.16 Å². The number of carbonyl (C=O) groups excluding carboxylic acids is 2. The second-order valence-corrected chi connectivity index (χ2v) is 7.98. The number of fused-ring (bicyclic) bond motifs is 1. The summed E-state index contributed by atoms with van der Waals surface area (Å²) in [5.41, 5.74) is 3.50. The Morgan fingerprint density at radius 3 is 2.38 bits per heavy atom. The minimum absolute atomic E-state index is 0.0274. The highest BCUT2D eigenvalue weighted by Gasteiger charge is 2.16. The van der Waals surface area contributed by atoms with Gasteiger partial charge < -0.3 is 19.7 Å². The van der Waals surface area contributed by atoms with Gasteiger partial charge in [-0.15, -0.1) is 0 Å². The highest BCUT2D eigenvalue weighted by Crippen LogP contribution is 2.24. The third-order valence-corrected chi connectivity index (χ3v) is 5.39. The summed E-state index contributed by atoms with van der Waals surface area (Å²) in [5.74, 6) is 0.0557. The summed E-state index contributed by atoms with van der Waals surface area (Å²) in [6.07, 6.45) is 0. The van der Waals surface area contributed by atoms with Gasteiger partial charge >= 0.3 is 0 Å². The van der Waals surface area contributed by atoms with Crippen LogP contribution in [0.5, 0.6) is 0 Å². The van der Waals surface area contributed by atoms with E-state index in [-0.39, 0.29) is 24.1 Å². The van der Waals surface area contributed by atoms with Crippen LogP contribution in [0.2, 0.25) is 0 Å². The van der Waals surface area contributed by atoms with Gasteiger partial charge in [-0.05, 0) is 36.4 Å². The molecule has 3 aromatic rings. The van der Waals surface area contributed by atoms with Gasteiger partial charge in [0.15, 0.2) is 5.16 Å². The Balaban J connectivity index is 1.70. The number of hydrogen-bond acceptors (Lipinski definition) is 5. The van der Waals surface area contributed by atoms with Crippen molar-refractivity contribution in [3.63, 3.8) is 0 Å². The number of nitrogens with zero attached hydrogens (tertiary/aromatic N) is 4. The fraction of sp³-hybridized carbons (Fsp3) is 0.286. The number of benzene rings is 2. The van der Waals surface area contributed by atoms with Gasteiger partial charge in [-0.25, -0.2) is 4.98 Å². The SMILES string of the molecule is CN(C)C(=O)Cn1c(SCC(=O)Nc2ccc(N(C)C)cc2)nc2ccccc21. The summed E-state index contributed by atoms with van der Waals surface area (Å²) in [4.78, 5) is 32.8. The third kappa shape index (κ3) is 5.08. The zero-order valence-electron chi connectivity index (χ0n) is 17.0. The van der Waals surface area contributed by atoms with Crippen LogP contribution in [0.15, 0.2) is 53.7 Å². The largest absolute Gasteiger partial charge is 0.378 e. The molecule has 0 unspecified atom stereocenters. The maximum atomic E-state index is 12.4. The van der Waals surface area contributed by atoms with Crippen LogP contribution in [0, 0.1) is 0 Å². The number of likely N-dealkylation sites (N-methyl/N-ethyl adjacent to an activating group) is 1. The minimum atomic E-state index is -0.120. The zero-order valence-corrected chi connectivity index (χ0v) is 17.9. The summed E-state index contributed by atoms with van der Waals surface area (Å²) in [6.45, 7) is 0.184. The molecule has 2 amide bonds. The number of amides is 2. The molecule has 3 rings (SSSR count). The van der Waals surface area contributed by atoms with Gasteiger partial charge in [-0.2, -0.15) is 0 Å². The number of hydrogen-bond donors (Lipinski definition) is 1. The zero-order chi connectivity index (χ0) is 21.0. The Hall–Kier alpha value is -3.00. The van der Waals surface area contributed by atoms with Crippen LogP contribution < -0.4 is 10.2 Å². The lowest BCUT2D eigenvalue weighted by molar-refractivity contribution is -0.129. The predicted octanol–water partition coefficient (Wildman–Crippen LogP) is 2.92. The summed E-state index contributed by atoms with van der Waals surface area (Å²) in [7, 11) is 7.39. The van der Waals surface area contributed by atoms with E-state index in [2.05, 4.69) is 10.3 Å². The van der Waals surface area contributed by atoms with Crippen LogP contribution in [-0.2, 0) is 16.1 Å². The van der Waals surface area contributed by atoms with Crippen LogP contribution in [0.3, 0.4) is 0 Å². The van der Waals surface area contributed by atoms with E-state index in [9.17, 15) is 9.59 Å². The van der Waals surface area contributed by atoms with E-state index in [1.165, 1.54) is 11.8 Å². The molecule has 0 atom stereocenters. The van der Waals surface area contributed by atoms with Crippen LogP contribution >= 0.6 is 11.8 Å². The third-order valence-electron chi connectivity index (χ3n) is 4.41. The molecular weight excluding hydrogens is 386 g/mol. The van der Waals surface area contributed by atoms with E-state index in [1.807, 2.05) is 72.1 Å². The van der Waals surface area contributed by atoms with Crippen molar-refractivity contribution in [2.75, 3.05) is 44.2 Å². The molecule has 0 spiro atoms. The monoisotopic (exact) mass is 411 g/mol. The summed E-state index contributed by atoms with van der Waals surface area (Å²) >= 11 is 1.32. The topological polar surface area (TPSA) is 70.5 Å². The molecule has 0 aliphatic rings. The number of nitrogens with one attached hydrogen (secondary N) is 1. The fourth-order valence-corrected chi connectivity index (χ4v) is 3.58. The molecule has 1 N–H and O–H groups in total. The number of thioether (sulfide) groups is 1. The second-order valence-electron chi connectivity index (χ2n) is 7.04. The highest BCUT2D eigenvalue weighted by molar-refractivity contribution is 7.99. The van der Waals surface area contributed by atoms with Crippen molar-refractivity contribution in [1.82, 2.24) is 14.5 Å². The highest BCUT2D eigenvalue weighted by atomic mass is 32.2. The number of aromatic nitrogens is 2. The molecule has 0 saturated heterocycles. The van der Waals surface area contributed by atoms with E-state index < -0.39 is 0 Å². The van der Waals surface area contributed by atoms with Gasteiger partial charge in [-0.3, -0.25) is 9.59 Å². The first-order valence-electron chi connectivity index (χ1n) is 9.20. The lowest BCUT2D eigenvalue weighted by atomic mass is 10.2. The number of anilines is 2. The van der Waals surface area contributed by atoms with Gasteiger partial charge in [0.05, 0.1) is 16.8 Å². The summed E-state index contributed by atoms with van der Waals surface area (Å²) in [5, 5.41) is 3.55. The molecule has 7 nitrogen and oxygen atoms in total. The number of para-hydroxylation sites is 2. The Bertz CT molecular complexity index is 1010. The molecule has 0 aliphatic heterocycles.